The number of nitrogens with two attached hydrogens (primary N) is 1. The number of aromatic nitrogens is 2. The highest BCUT2D eigenvalue weighted by Gasteiger charge is 2.41. The lowest BCUT2D eigenvalue weighted by atomic mass is 9.65. The first-order valence-electron chi connectivity index (χ1n) is 9.93. The van der Waals surface area contributed by atoms with Crippen LogP contribution in [0.3, 0.4) is 0 Å². The third kappa shape index (κ3) is 4.40. The van der Waals surface area contributed by atoms with E-state index in [2.05, 4.69) is 32.7 Å². The van der Waals surface area contributed by atoms with Crippen molar-refractivity contribution in [3.63, 3.8) is 0 Å². The third-order valence-electron chi connectivity index (χ3n) is 6.23. The van der Waals surface area contributed by atoms with Gasteiger partial charge in [0.1, 0.15) is 12.0 Å². The molecule has 1 aromatic rings. The second kappa shape index (κ2) is 8.35. The van der Waals surface area contributed by atoms with Crippen LogP contribution in [0.1, 0.15) is 53.2 Å². The summed E-state index contributed by atoms with van der Waals surface area (Å²) in [5.74, 6) is 3.13. The van der Waals surface area contributed by atoms with E-state index in [0.29, 0.717) is 29.4 Å². The number of rotatable bonds is 5. The maximum Gasteiger partial charge on any atom is 0.351 e. The second-order valence-corrected chi connectivity index (χ2v) is 9.57. The summed E-state index contributed by atoms with van der Waals surface area (Å²) in [7, 11) is 0. The van der Waals surface area contributed by atoms with Gasteiger partial charge in [-0.3, -0.25) is 9.36 Å². The number of hydrogen-bond acceptors (Lipinski definition) is 6. The van der Waals surface area contributed by atoms with Crippen molar-refractivity contribution in [2.24, 2.45) is 29.6 Å². The van der Waals surface area contributed by atoms with Gasteiger partial charge in [-0.15, -0.1) is 11.8 Å². The van der Waals surface area contributed by atoms with E-state index in [9.17, 15) is 9.59 Å². The summed E-state index contributed by atoms with van der Waals surface area (Å²) in [6, 6.07) is 1.57. The Kier molecular flexibility index (Phi) is 6.31. The molecule has 0 aromatic carbocycles. The van der Waals surface area contributed by atoms with Gasteiger partial charge in [0.25, 0.3) is 0 Å². The fraction of sp³-hybridized carbons (Fsp3) is 0.750. The van der Waals surface area contributed by atoms with Crippen molar-refractivity contribution in [3.8, 4) is 0 Å². The van der Waals surface area contributed by atoms with Crippen LogP contribution >= 0.6 is 11.8 Å². The number of thioether (sulfide) groups is 1. The van der Waals surface area contributed by atoms with Gasteiger partial charge in [-0.1, -0.05) is 34.1 Å². The summed E-state index contributed by atoms with van der Waals surface area (Å²) in [5, 5.41) is 0. The SMILES string of the molecule is CC1CCC(C(C)C)C(C(C)C(=O)C2OC(n3ccc(N)nc3=O)CS2)C1. The zero-order valence-corrected chi connectivity index (χ0v) is 17.4. The highest BCUT2D eigenvalue weighted by atomic mass is 32.2. The molecular formula is C20H31N3O3S. The molecule has 2 heterocycles. The van der Waals surface area contributed by atoms with Crippen LogP contribution in [-0.4, -0.2) is 26.5 Å². The third-order valence-corrected chi connectivity index (χ3v) is 7.35. The molecule has 0 radical (unpaired) electrons. The summed E-state index contributed by atoms with van der Waals surface area (Å²) in [4.78, 5) is 28.9. The molecule has 150 valence electrons. The molecular weight excluding hydrogens is 362 g/mol. The number of ketones is 1. The number of nitrogen functional groups attached to an aromatic ring is 1. The molecule has 6 nitrogen and oxygen atoms in total. The van der Waals surface area contributed by atoms with E-state index in [1.54, 1.807) is 12.3 Å². The standard InChI is InChI=1S/C20H31N3O3S/c1-11(2)14-6-5-12(3)9-15(14)13(4)18(24)19-26-17(10-27-19)23-8-7-16(21)22-20(23)25/h7-8,11-15,17,19H,5-6,9-10H2,1-4H3,(H2,21,22,25). The summed E-state index contributed by atoms with van der Waals surface area (Å²) in [6.07, 6.45) is 4.68. The highest BCUT2D eigenvalue weighted by Crippen LogP contribution is 2.44. The Balaban J connectivity index is 1.69. The molecule has 2 aliphatic rings. The van der Waals surface area contributed by atoms with Gasteiger partial charge in [-0.05, 0) is 42.6 Å². The first-order valence-corrected chi connectivity index (χ1v) is 11.0. The number of anilines is 1. The molecule has 0 amide bonds. The lowest BCUT2D eigenvalue weighted by molar-refractivity contribution is -0.135. The predicted octanol–water partition coefficient (Wildman–Crippen LogP) is 3.33. The quantitative estimate of drug-likeness (QED) is 0.826. The van der Waals surface area contributed by atoms with Crippen molar-refractivity contribution >= 4 is 23.4 Å². The van der Waals surface area contributed by atoms with E-state index >= 15 is 0 Å². The molecule has 2 fully saturated rings. The molecule has 1 aliphatic heterocycles. The molecule has 7 heteroatoms. The van der Waals surface area contributed by atoms with Gasteiger partial charge in [0, 0.05) is 17.9 Å². The Morgan fingerprint density at radius 1 is 1.33 bits per heavy atom. The summed E-state index contributed by atoms with van der Waals surface area (Å²) < 4.78 is 7.38. The van der Waals surface area contributed by atoms with Gasteiger partial charge in [-0.2, -0.15) is 4.98 Å². The van der Waals surface area contributed by atoms with Gasteiger partial charge in [0.05, 0.1) is 0 Å². The molecule has 6 unspecified atom stereocenters. The maximum atomic E-state index is 13.2. The molecule has 6 atom stereocenters. The minimum Gasteiger partial charge on any atom is -0.383 e. The van der Waals surface area contributed by atoms with Gasteiger partial charge in [0.15, 0.2) is 11.2 Å². The Hall–Kier alpha value is -1.34. The summed E-state index contributed by atoms with van der Waals surface area (Å²) in [6.45, 7) is 8.89. The Morgan fingerprint density at radius 3 is 2.74 bits per heavy atom. The normalized spacial score (nSPS) is 32.6. The number of nitrogens with zero attached hydrogens (tertiary/aromatic N) is 2. The van der Waals surface area contributed by atoms with E-state index < -0.39 is 17.4 Å². The lowest BCUT2D eigenvalue weighted by Gasteiger charge is -2.40. The van der Waals surface area contributed by atoms with Crippen LogP contribution < -0.4 is 11.4 Å². The van der Waals surface area contributed by atoms with E-state index in [4.69, 9.17) is 10.5 Å². The molecule has 0 bridgehead atoms. The van der Waals surface area contributed by atoms with Crippen LogP contribution in [0.5, 0.6) is 0 Å². The number of carbonyl (C=O) groups is 1. The number of Topliss-reactive ketones (excluding diaryl/α,β-unsaturated/α-hetero) is 1. The number of carbonyl (C=O) groups excluding carboxylic acids is 1. The lowest BCUT2D eigenvalue weighted by Crippen LogP contribution is -2.38. The smallest absolute Gasteiger partial charge is 0.351 e. The van der Waals surface area contributed by atoms with E-state index in [1.807, 2.05) is 0 Å². The van der Waals surface area contributed by atoms with Crippen LogP contribution in [0.15, 0.2) is 17.1 Å². The molecule has 1 aromatic heterocycles. The van der Waals surface area contributed by atoms with Gasteiger partial charge < -0.3 is 10.5 Å². The summed E-state index contributed by atoms with van der Waals surface area (Å²) in [5.41, 5.74) is 4.59. The van der Waals surface area contributed by atoms with Crippen molar-refractivity contribution in [2.75, 3.05) is 11.5 Å². The first kappa shape index (κ1) is 20.4. The molecule has 1 saturated carbocycles. The Bertz CT molecular complexity index is 735. The molecule has 1 saturated heterocycles. The first-order chi connectivity index (χ1) is 12.8. The van der Waals surface area contributed by atoms with Crippen molar-refractivity contribution in [1.82, 2.24) is 9.55 Å². The monoisotopic (exact) mass is 393 g/mol. The predicted molar refractivity (Wildman–Crippen MR) is 108 cm³/mol. The zero-order chi connectivity index (χ0) is 19.7. The van der Waals surface area contributed by atoms with Crippen molar-refractivity contribution < 1.29 is 9.53 Å². The second-order valence-electron chi connectivity index (χ2n) is 8.48. The average Bonchev–Trinajstić information content (AvgIpc) is 3.09. The Morgan fingerprint density at radius 2 is 2.07 bits per heavy atom. The topological polar surface area (TPSA) is 87.2 Å². The minimum atomic E-state index is -0.514. The van der Waals surface area contributed by atoms with Gasteiger partial charge in [0.2, 0.25) is 0 Å². The van der Waals surface area contributed by atoms with Crippen molar-refractivity contribution in [2.45, 2.75) is 58.6 Å². The van der Waals surface area contributed by atoms with Crippen molar-refractivity contribution in [1.29, 1.82) is 0 Å². The van der Waals surface area contributed by atoms with Crippen LogP contribution in [-0.2, 0) is 9.53 Å². The Labute approximate surface area is 165 Å². The van der Waals surface area contributed by atoms with Crippen LogP contribution in [0.2, 0.25) is 0 Å². The highest BCUT2D eigenvalue weighted by molar-refractivity contribution is 8.00. The van der Waals surface area contributed by atoms with Crippen molar-refractivity contribution in [3.05, 3.63) is 22.7 Å². The number of hydrogen-bond donors (Lipinski definition) is 1. The van der Waals surface area contributed by atoms with E-state index in [-0.39, 0.29) is 17.5 Å². The molecule has 3 rings (SSSR count). The van der Waals surface area contributed by atoms with Crippen LogP contribution in [0, 0.1) is 29.6 Å². The largest absolute Gasteiger partial charge is 0.383 e. The molecule has 1 aliphatic carbocycles. The maximum absolute atomic E-state index is 13.2. The molecule has 0 spiro atoms. The molecule has 27 heavy (non-hydrogen) atoms. The van der Waals surface area contributed by atoms with Gasteiger partial charge >= 0.3 is 5.69 Å². The fourth-order valence-electron chi connectivity index (χ4n) is 4.61. The molecule has 2 N–H and O–H groups in total. The van der Waals surface area contributed by atoms with Gasteiger partial charge in [-0.25, -0.2) is 4.79 Å². The fourth-order valence-corrected chi connectivity index (χ4v) is 5.77. The number of ether oxygens (including phenoxy) is 1. The average molecular weight is 394 g/mol. The zero-order valence-electron chi connectivity index (χ0n) is 16.6. The van der Waals surface area contributed by atoms with E-state index in [1.165, 1.54) is 29.2 Å². The summed E-state index contributed by atoms with van der Waals surface area (Å²) >= 11 is 1.48. The van der Waals surface area contributed by atoms with E-state index in [0.717, 1.165) is 6.42 Å². The van der Waals surface area contributed by atoms with Crippen LogP contribution in [0.25, 0.3) is 0 Å². The minimum absolute atomic E-state index is 0.0299. The van der Waals surface area contributed by atoms with Crippen LogP contribution in [0.4, 0.5) is 5.82 Å².